The van der Waals surface area contributed by atoms with Crippen LogP contribution in [0.25, 0.3) is 0 Å². The van der Waals surface area contributed by atoms with Gasteiger partial charge in [0.15, 0.2) is 0 Å². The van der Waals surface area contributed by atoms with E-state index in [-0.39, 0.29) is 5.48 Å². The van der Waals surface area contributed by atoms with Gasteiger partial charge >= 0.3 is 0 Å². The van der Waals surface area contributed by atoms with Crippen LogP contribution < -0.4 is 0 Å². The molecular formula is C13H25NO. The average Bonchev–Trinajstić information content (AvgIpc) is 2.20. The van der Waals surface area contributed by atoms with Crippen LogP contribution >= 0.6 is 0 Å². The lowest BCUT2D eigenvalue weighted by Gasteiger charge is -2.25. The highest BCUT2D eigenvalue weighted by Crippen LogP contribution is 1.92. The van der Waals surface area contributed by atoms with Crippen LogP contribution in [0, 0.1) is 6.92 Å². The van der Waals surface area contributed by atoms with Crippen molar-refractivity contribution in [2.75, 3.05) is 27.2 Å². The Morgan fingerprint density at radius 2 is 1.33 bits per heavy atom. The molecule has 0 saturated carbocycles. The monoisotopic (exact) mass is 211 g/mol. The van der Waals surface area contributed by atoms with E-state index in [0.29, 0.717) is 0 Å². The zero-order valence-corrected chi connectivity index (χ0v) is 10.7. The molecule has 0 spiro atoms. The molecule has 1 aromatic carbocycles. The maximum absolute atomic E-state index is 2.24. The molecule has 2 nitrogen and oxygen atoms in total. The van der Waals surface area contributed by atoms with Crippen LogP contribution in [0.1, 0.15) is 19.4 Å². The first-order valence-corrected chi connectivity index (χ1v) is 5.35. The van der Waals surface area contributed by atoms with Crippen LogP contribution in [-0.2, 0) is 0 Å². The molecule has 0 radical (unpaired) electrons. The van der Waals surface area contributed by atoms with Crippen LogP contribution in [0.15, 0.2) is 30.3 Å². The molecule has 0 unspecified atom stereocenters. The lowest BCUT2D eigenvalue weighted by Crippen LogP contribution is -2.38. The summed E-state index contributed by atoms with van der Waals surface area (Å²) < 4.78 is 1.14. The summed E-state index contributed by atoms with van der Waals surface area (Å²) in [5, 5.41) is 0. The van der Waals surface area contributed by atoms with Crippen molar-refractivity contribution >= 4 is 0 Å². The van der Waals surface area contributed by atoms with Crippen molar-refractivity contribution in [2.45, 2.75) is 20.8 Å². The topological polar surface area (TPSA) is 30.0 Å². The maximum Gasteiger partial charge on any atom is 0.0753 e. The second-order valence-corrected chi connectivity index (χ2v) is 4.22. The van der Waals surface area contributed by atoms with Gasteiger partial charge in [0, 0.05) is 0 Å². The van der Waals surface area contributed by atoms with Gasteiger partial charge in [-0.1, -0.05) is 35.9 Å². The summed E-state index contributed by atoms with van der Waals surface area (Å²) >= 11 is 0. The third-order valence-electron chi connectivity index (χ3n) is 2.65. The van der Waals surface area contributed by atoms with E-state index in [2.05, 4.69) is 47.0 Å². The van der Waals surface area contributed by atoms with Crippen LogP contribution in [0.5, 0.6) is 0 Å². The van der Waals surface area contributed by atoms with Crippen LogP contribution in [0.2, 0.25) is 0 Å². The van der Waals surface area contributed by atoms with E-state index in [4.69, 9.17) is 0 Å². The molecule has 1 aromatic rings. The highest BCUT2D eigenvalue weighted by Gasteiger charge is 2.04. The summed E-state index contributed by atoms with van der Waals surface area (Å²) in [5.41, 5.74) is 1.32. The Bertz CT molecular complexity index is 226. The minimum atomic E-state index is 0. The molecule has 0 fully saturated rings. The molecule has 0 bridgehead atoms. The van der Waals surface area contributed by atoms with Gasteiger partial charge in [-0.2, -0.15) is 0 Å². The van der Waals surface area contributed by atoms with E-state index >= 15 is 0 Å². The molecule has 0 aromatic heterocycles. The molecule has 1 N–H and O–H groups in total. The predicted octanol–water partition coefficient (Wildman–Crippen LogP) is 2.92. The van der Waals surface area contributed by atoms with E-state index < -0.39 is 0 Å². The van der Waals surface area contributed by atoms with E-state index in [1.165, 1.54) is 18.7 Å². The van der Waals surface area contributed by atoms with Crippen molar-refractivity contribution in [1.82, 2.24) is 0 Å². The fourth-order valence-electron chi connectivity index (χ4n) is 0.758. The Morgan fingerprint density at radius 3 is 1.47 bits per heavy atom. The number of benzene rings is 1. The SMILES string of the molecule is CC[N+](C)(C)CC.Cc1ccccc1.[OH-]. The predicted molar refractivity (Wildman–Crippen MR) is 66.3 cm³/mol. The molecule has 0 saturated heterocycles. The second-order valence-electron chi connectivity index (χ2n) is 4.22. The molecule has 15 heavy (non-hydrogen) atoms. The van der Waals surface area contributed by atoms with Gasteiger partial charge in [0.25, 0.3) is 0 Å². The van der Waals surface area contributed by atoms with Crippen molar-refractivity contribution in [2.24, 2.45) is 0 Å². The summed E-state index contributed by atoms with van der Waals surface area (Å²) in [4.78, 5) is 0. The number of quaternary nitrogens is 1. The number of aryl methyl sites for hydroxylation is 1. The quantitative estimate of drug-likeness (QED) is 0.692. The minimum Gasteiger partial charge on any atom is -0.870 e. The number of hydrogen-bond acceptors (Lipinski definition) is 1. The Morgan fingerprint density at radius 1 is 0.933 bits per heavy atom. The standard InChI is InChI=1S/C7H8.C6H16N.H2O/c1-7-5-3-2-4-6-7;1-5-7(3,4)6-2;/h2-6H,1H3;5-6H2,1-4H3;1H2/q;+1;/p-1. The van der Waals surface area contributed by atoms with Gasteiger partial charge in [-0.05, 0) is 20.8 Å². The molecule has 88 valence electrons. The van der Waals surface area contributed by atoms with Crippen LogP contribution in [0.3, 0.4) is 0 Å². The fraction of sp³-hybridized carbons (Fsp3) is 0.538. The summed E-state index contributed by atoms with van der Waals surface area (Å²) in [6.45, 7) is 8.97. The van der Waals surface area contributed by atoms with Gasteiger partial charge in [-0.15, -0.1) is 0 Å². The minimum absolute atomic E-state index is 0. The van der Waals surface area contributed by atoms with Crippen molar-refractivity contribution in [3.05, 3.63) is 35.9 Å². The molecular weight excluding hydrogens is 186 g/mol. The Balaban J connectivity index is 0. The molecule has 0 aliphatic rings. The Kier molecular flexibility index (Phi) is 9.33. The first kappa shape index (κ1) is 16.6. The summed E-state index contributed by atoms with van der Waals surface area (Å²) in [6.07, 6.45) is 0. The highest BCUT2D eigenvalue weighted by atomic mass is 16.0. The number of rotatable bonds is 2. The largest absolute Gasteiger partial charge is 0.870 e. The van der Waals surface area contributed by atoms with E-state index in [9.17, 15) is 0 Å². The zero-order chi connectivity index (χ0) is 11.0. The molecule has 0 amide bonds. The molecule has 2 heteroatoms. The lowest BCUT2D eigenvalue weighted by atomic mass is 10.2. The summed E-state index contributed by atoms with van der Waals surface area (Å²) in [6, 6.07) is 10.3. The van der Waals surface area contributed by atoms with Crippen molar-refractivity contribution in [3.8, 4) is 0 Å². The lowest BCUT2D eigenvalue weighted by molar-refractivity contribution is -0.886. The zero-order valence-electron chi connectivity index (χ0n) is 10.7. The van der Waals surface area contributed by atoms with Gasteiger partial charge in [-0.3, -0.25) is 0 Å². The Hall–Kier alpha value is -0.860. The molecule has 1 rings (SSSR count). The number of hydrogen-bond donors (Lipinski definition) is 0. The first-order valence-electron chi connectivity index (χ1n) is 5.35. The van der Waals surface area contributed by atoms with Gasteiger partial charge in [0.1, 0.15) is 0 Å². The average molecular weight is 211 g/mol. The maximum atomic E-state index is 2.24. The van der Waals surface area contributed by atoms with E-state index in [1.807, 2.05) is 18.2 Å². The van der Waals surface area contributed by atoms with Crippen molar-refractivity contribution in [1.29, 1.82) is 0 Å². The normalized spacial score (nSPS) is 9.67. The third-order valence-corrected chi connectivity index (χ3v) is 2.65. The van der Waals surface area contributed by atoms with Crippen molar-refractivity contribution < 1.29 is 9.96 Å². The van der Waals surface area contributed by atoms with Gasteiger partial charge in [-0.25, -0.2) is 0 Å². The van der Waals surface area contributed by atoms with Crippen LogP contribution in [-0.4, -0.2) is 37.1 Å². The molecule has 0 atom stereocenters. The van der Waals surface area contributed by atoms with Gasteiger partial charge in [0.05, 0.1) is 27.2 Å². The van der Waals surface area contributed by atoms with E-state index in [1.54, 1.807) is 0 Å². The molecule has 0 aliphatic carbocycles. The number of nitrogens with zero attached hydrogens (tertiary/aromatic N) is 1. The van der Waals surface area contributed by atoms with E-state index in [0.717, 1.165) is 4.48 Å². The smallest absolute Gasteiger partial charge is 0.0753 e. The highest BCUT2D eigenvalue weighted by molar-refractivity contribution is 5.11. The second kappa shape index (κ2) is 8.45. The summed E-state index contributed by atoms with van der Waals surface area (Å²) in [5.74, 6) is 0. The third kappa shape index (κ3) is 9.44. The fourth-order valence-corrected chi connectivity index (χ4v) is 0.758. The van der Waals surface area contributed by atoms with Crippen LogP contribution in [0.4, 0.5) is 0 Å². The molecule has 0 heterocycles. The van der Waals surface area contributed by atoms with Gasteiger partial charge in [0.2, 0.25) is 0 Å². The molecule has 0 aliphatic heterocycles. The summed E-state index contributed by atoms with van der Waals surface area (Å²) in [7, 11) is 4.47. The first-order chi connectivity index (χ1) is 6.52. The Labute approximate surface area is 94.4 Å². The van der Waals surface area contributed by atoms with Gasteiger partial charge < -0.3 is 9.96 Å². The van der Waals surface area contributed by atoms with Crippen molar-refractivity contribution in [3.63, 3.8) is 0 Å².